The van der Waals surface area contributed by atoms with Gasteiger partial charge in [0.1, 0.15) is 10.7 Å². The Bertz CT molecular complexity index is 651. The topological polar surface area (TPSA) is 55.1 Å². The molecule has 1 heterocycles. The average molecular weight is 306 g/mol. The summed E-state index contributed by atoms with van der Waals surface area (Å²) in [6.45, 7) is -0.543. The van der Waals surface area contributed by atoms with Crippen molar-refractivity contribution in [2.24, 2.45) is 0 Å². The number of alkyl halides is 3. The summed E-state index contributed by atoms with van der Waals surface area (Å²) < 4.78 is 50.0. The summed E-state index contributed by atoms with van der Waals surface area (Å²) in [5, 5.41) is 2.25. The van der Waals surface area contributed by atoms with Gasteiger partial charge in [0.2, 0.25) is 0 Å². The highest BCUT2D eigenvalue weighted by Crippen LogP contribution is 2.35. The number of hydrogen-bond donors (Lipinski definition) is 2. The smallest absolute Gasteiger partial charge is 0.390 e. The van der Waals surface area contributed by atoms with Crippen LogP contribution < -0.4 is 11.1 Å². The number of nitrogen functional groups attached to an aromatic ring is 1. The molecule has 8 heteroatoms. The molecule has 0 saturated heterocycles. The molecule has 1 amide bonds. The van der Waals surface area contributed by atoms with Gasteiger partial charge >= 0.3 is 6.18 Å². The van der Waals surface area contributed by atoms with Crippen LogP contribution >= 0.6 is 11.3 Å². The minimum Gasteiger partial charge on any atom is -0.397 e. The van der Waals surface area contributed by atoms with Crippen LogP contribution in [0.4, 0.5) is 23.2 Å². The lowest BCUT2D eigenvalue weighted by Gasteiger charge is -2.07. The largest absolute Gasteiger partial charge is 0.397 e. The number of thiophene rings is 1. The molecular formula is C12H10F4N2OS. The number of halogens is 4. The van der Waals surface area contributed by atoms with Gasteiger partial charge in [-0.25, -0.2) is 4.39 Å². The van der Waals surface area contributed by atoms with Crippen LogP contribution in [0.25, 0.3) is 10.1 Å². The second kappa shape index (κ2) is 5.28. The molecule has 0 radical (unpaired) electrons. The molecule has 2 rings (SSSR count). The van der Waals surface area contributed by atoms with Gasteiger partial charge in [-0.15, -0.1) is 11.3 Å². The SMILES string of the molecule is Nc1c(C(=O)NCCC(F)(F)F)sc2cccc(F)c12. The van der Waals surface area contributed by atoms with E-state index in [1.807, 2.05) is 0 Å². The van der Waals surface area contributed by atoms with Crippen molar-refractivity contribution in [2.45, 2.75) is 12.6 Å². The first-order valence-electron chi connectivity index (χ1n) is 5.61. The lowest BCUT2D eigenvalue weighted by atomic mass is 10.2. The van der Waals surface area contributed by atoms with Crippen LogP contribution in [0, 0.1) is 5.82 Å². The van der Waals surface area contributed by atoms with Crippen LogP contribution in [0.3, 0.4) is 0 Å². The van der Waals surface area contributed by atoms with E-state index >= 15 is 0 Å². The van der Waals surface area contributed by atoms with Gasteiger partial charge in [-0.05, 0) is 12.1 Å². The first-order valence-corrected chi connectivity index (χ1v) is 6.42. The maximum absolute atomic E-state index is 13.6. The normalized spacial score (nSPS) is 11.8. The highest BCUT2D eigenvalue weighted by atomic mass is 32.1. The van der Waals surface area contributed by atoms with E-state index in [0.717, 1.165) is 11.3 Å². The van der Waals surface area contributed by atoms with E-state index in [1.54, 1.807) is 6.07 Å². The molecule has 1 aromatic carbocycles. The zero-order valence-corrected chi connectivity index (χ0v) is 10.9. The zero-order chi connectivity index (χ0) is 14.9. The fourth-order valence-electron chi connectivity index (χ4n) is 1.70. The molecular weight excluding hydrogens is 296 g/mol. The average Bonchev–Trinajstić information content (AvgIpc) is 2.66. The summed E-state index contributed by atoms with van der Waals surface area (Å²) in [7, 11) is 0. The predicted octanol–water partition coefficient (Wildman–Crippen LogP) is 3.30. The van der Waals surface area contributed by atoms with Crippen LogP contribution in [0.5, 0.6) is 0 Å². The molecule has 0 unspecified atom stereocenters. The van der Waals surface area contributed by atoms with Crippen LogP contribution in [-0.4, -0.2) is 18.6 Å². The minimum absolute atomic E-state index is 0.0206. The maximum atomic E-state index is 13.6. The molecule has 0 atom stereocenters. The Balaban J connectivity index is 2.19. The molecule has 20 heavy (non-hydrogen) atoms. The first kappa shape index (κ1) is 14.6. The van der Waals surface area contributed by atoms with E-state index in [1.165, 1.54) is 12.1 Å². The summed E-state index contributed by atoms with van der Waals surface area (Å²) in [5.41, 5.74) is 5.64. The summed E-state index contributed by atoms with van der Waals surface area (Å²) in [4.78, 5) is 11.8. The minimum atomic E-state index is -4.34. The van der Waals surface area contributed by atoms with Gasteiger partial charge in [0.25, 0.3) is 5.91 Å². The van der Waals surface area contributed by atoms with Gasteiger partial charge in [0.15, 0.2) is 0 Å². The maximum Gasteiger partial charge on any atom is 0.390 e. The number of amides is 1. The summed E-state index contributed by atoms with van der Waals surface area (Å²) in [6, 6.07) is 4.27. The number of fused-ring (bicyclic) bond motifs is 1. The zero-order valence-electron chi connectivity index (χ0n) is 10.1. The lowest BCUT2D eigenvalue weighted by Crippen LogP contribution is -2.27. The Morgan fingerprint density at radius 2 is 2.05 bits per heavy atom. The Labute approximate surface area is 115 Å². The lowest BCUT2D eigenvalue weighted by molar-refractivity contribution is -0.132. The molecule has 0 aliphatic carbocycles. The van der Waals surface area contributed by atoms with Gasteiger partial charge in [0.05, 0.1) is 17.5 Å². The fourth-order valence-corrected chi connectivity index (χ4v) is 2.75. The van der Waals surface area contributed by atoms with Gasteiger partial charge in [-0.2, -0.15) is 13.2 Å². The van der Waals surface area contributed by atoms with Crippen molar-refractivity contribution in [3.8, 4) is 0 Å². The van der Waals surface area contributed by atoms with E-state index in [4.69, 9.17) is 5.73 Å². The van der Waals surface area contributed by atoms with Crippen molar-refractivity contribution in [1.29, 1.82) is 0 Å². The molecule has 108 valence electrons. The van der Waals surface area contributed by atoms with Gasteiger partial charge < -0.3 is 11.1 Å². The Morgan fingerprint density at radius 1 is 1.35 bits per heavy atom. The van der Waals surface area contributed by atoms with Crippen molar-refractivity contribution in [1.82, 2.24) is 5.32 Å². The summed E-state index contributed by atoms with van der Waals surface area (Å²) in [5.74, 6) is -1.29. The van der Waals surface area contributed by atoms with Crippen molar-refractivity contribution in [3.05, 3.63) is 28.9 Å². The monoisotopic (exact) mass is 306 g/mol. The number of nitrogens with one attached hydrogen (secondary N) is 1. The highest BCUT2D eigenvalue weighted by molar-refractivity contribution is 7.21. The second-order valence-electron chi connectivity index (χ2n) is 4.08. The molecule has 0 aliphatic rings. The summed E-state index contributed by atoms with van der Waals surface area (Å²) >= 11 is 0.946. The Hall–Kier alpha value is -1.83. The van der Waals surface area contributed by atoms with E-state index in [-0.39, 0.29) is 16.0 Å². The molecule has 0 saturated carbocycles. The quantitative estimate of drug-likeness (QED) is 0.855. The van der Waals surface area contributed by atoms with Crippen molar-refractivity contribution >= 4 is 33.0 Å². The van der Waals surface area contributed by atoms with Gasteiger partial charge in [0, 0.05) is 11.2 Å². The fraction of sp³-hybridized carbons (Fsp3) is 0.250. The van der Waals surface area contributed by atoms with Crippen molar-refractivity contribution < 1.29 is 22.4 Å². The molecule has 0 fully saturated rings. The van der Waals surface area contributed by atoms with E-state index in [9.17, 15) is 22.4 Å². The van der Waals surface area contributed by atoms with Crippen LogP contribution in [0.2, 0.25) is 0 Å². The number of rotatable bonds is 3. The number of benzene rings is 1. The van der Waals surface area contributed by atoms with E-state index in [2.05, 4.69) is 5.32 Å². The number of carbonyl (C=O) groups excluding carboxylic acids is 1. The molecule has 0 aliphatic heterocycles. The third-order valence-electron chi connectivity index (χ3n) is 2.60. The van der Waals surface area contributed by atoms with Crippen LogP contribution in [0.1, 0.15) is 16.1 Å². The molecule has 2 aromatic rings. The van der Waals surface area contributed by atoms with Gasteiger partial charge in [-0.3, -0.25) is 4.79 Å². The predicted molar refractivity (Wildman–Crippen MR) is 69.2 cm³/mol. The van der Waals surface area contributed by atoms with Crippen molar-refractivity contribution in [3.63, 3.8) is 0 Å². The number of hydrogen-bond acceptors (Lipinski definition) is 3. The molecule has 0 bridgehead atoms. The molecule has 3 nitrogen and oxygen atoms in total. The van der Waals surface area contributed by atoms with Crippen molar-refractivity contribution in [2.75, 3.05) is 12.3 Å². The second-order valence-corrected chi connectivity index (χ2v) is 5.13. The van der Waals surface area contributed by atoms with Crippen LogP contribution in [-0.2, 0) is 0 Å². The standard InChI is InChI=1S/C12H10F4N2OS/c13-6-2-1-3-7-8(6)9(17)10(20-7)11(19)18-5-4-12(14,15)16/h1-3H,4-5,17H2,(H,18,19). The molecule has 3 N–H and O–H groups in total. The van der Waals surface area contributed by atoms with Gasteiger partial charge in [-0.1, -0.05) is 6.07 Å². The first-order chi connectivity index (χ1) is 9.29. The Kier molecular flexibility index (Phi) is 3.85. The summed E-state index contributed by atoms with van der Waals surface area (Å²) in [6.07, 6.45) is -5.47. The van der Waals surface area contributed by atoms with Crippen LogP contribution in [0.15, 0.2) is 18.2 Å². The Morgan fingerprint density at radius 3 is 2.65 bits per heavy atom. The third-order valence-corrected chi connectivity index (χ3v) is 3.77. The third kappa shape index (κ3) is 3.01. The number of anilines is 1. The number of nitrogens with two attached hydrogens (primary N) is 1. The highest BCUT2D eigenvalue weighted by Gasteiger charge is 2.27. The molecule has 0 spiro atoms. The number of carbonyl (C=O) groups is 1. The van der Waals surface area contributed by atoms with E-state index in [0.29, 0.717) is 4.70 Å². The van der Waals surface area contributed by atoms with E-state index < -0.39 is 30.9 Å². The molecule has 1 aromatic heterocycles.